The van der Waals surface area contributed by atoms with Gasteiger partial charge in [-0.05, 0) is 51.4 Å². The van der Waals surface area contributed by atoms with Crippen molar-refractivity contribution < 1.29 is 38.2 Å². The number of nitrogens with zero attached hydrogens (tertiary/aromatic N) is 1. The molecule has 390 valence electrons. The molecule has 0 amide bonds. The monoisotopic (exact) mass is 943 g/mol. The van der Waals surface area contributed by atoms with Crippen molar-refractivity contribution in [3.63, 3.8) is 0 Å². The van der Waals surface area contributed by atoms with E-state index < -0.39 is 18.1 Å². The minimum absolute atomic E-state index is 0.0546. The standard InChI is InChI=1S/C59H107NO7/c1-6-8-10-12-14-16-18-20-22-24-26-28-29-30-32-34-36-38-40-42-44-46-48-50-58(62)67-55(53-65-52-51-56(59(63)64)60(3,4)5)54-66-57(61)49-47-45-43-41-39-37-35-33-31-27-25-23-21-19-17-15-13-11-9-7-2/h9,11,15,17,21,23,27,31,55-56H,6-8,10,12-14,16,18-20,22,24-26,28-30,32-54H2,1-5H3/p+1/b11-9+,17-15+,23-21+,31-27+. The summed E-state index contributed by atoms with van der Waals surface area (Å²) in [6.07, 6.45) is 61.7. The van der Waals surface area contributed by atoms with Crippen molar-refractivity contribution in [1.29, 1.82) is 0 Å². The first kappa shape index (κ1) is 64.3. The van der Waals surface area contributed by atoms with Crippen LogP contribution in [0.1, 0.15) is 258 Å². The summed E-state index contributed by atoms with van der Waals surface area (Å²) in [6.45, 7) is 4.66. The van der Waals surface area contributed by atoms with E-state index in [1.54, 1.807) is 0 Å². The van der Waals surface area contributed by atoms with Gasteiger partial charge in [0.1, 0.15) is 6.61 Å². The molecule has 0 aliphatic carbocycles. The van der Waals surface area contributed by atoms with Crippen molar-refractivity contribution in [1.82, 2.24) is 0 Å². The number of allylic oxidation sites excluding steroid dienone is 8. The molecule has 2 atom stereocenters. The Balaban J connectivity index is 4.17. The maximum Gasteiger partial charge on any atom is 0.362 e. The number of carboxylic acid groups (broad SMARTS) is 1. The minimum Gasteiger partial charge on any atom is -0.477 e. The normalized spacial score (nSPS) is 13.1. The van der Waals surface area contributed by atoms with Gasteiger partial charge in [-0.2, -0.15) is 0 Å². The first-order valence-electron chi connectivity index (χ1n) is 28.2. The lowest BCUT2D eigenvalue weighted by molar-refractivity contribution is -0.887. The Kier molecular flexibility index (Phi) is 47.7. The third kappa shape index (κ3) is 48.1. The molecule has 0 bridgehead atoms. The first-order valence-corrected chi connectivity index (χ1v) is 28.2. The van der Waals surface area contributed by atoms with Crippen LogP contribution in [0.2, 0.25) is 0 Å². The predicted octanol–water partition coefficient (Wildman–Crippen LogP) is 16.7. The molecular weight excluding hydrogens is 835 g/mol. The van der Waals surface area contributed by atoms with E-state index in [1.807, 2.05) is 21.1 Å². The average molecular weight is 944 g/mol. The van der Waals surface area contributed by atoms with Gasteiger partial charge in [0, 0.05) is 19.3 Å². The zero-order chi connectivity index (χ0) is 49.2. The van der Waals surface area contributed by atoms with Crippen LogP contribution in [0.15, 0.2) is 48.6 Å². The molecule has 0 aliphatic heterocycles. The molecule has 67 heavy (non-hydrogen) atoms. The highest BCUT2D eigenvalue weighted by Gasteiger charge is 2.31. The molecule has 0 spiro atoms. The van der Waals surface area contributed by atoms with Crippen LogP contribution in [0.25, 0.3) is 0 Å². The van der Waals surface area contributed by atoms with Gasteiger partial charge in [-0.1, -0.05) is 236 Å². The maximum atomic E-state index is 12.8. The van der Waals surface area contributed by atoms with Gasteiger partial charge in [0.05, 0.1) is 34.4 Å². The lowest BCUT2D eigenvalue weighted by Gasteiger charge is -2.31. The second-order valence-electron chi connectivity index (χ2n) is 20.2. The molecule has 0 saturated heterocycles. The molecule has 0 radical (unpaired) electrons. The van der Waals surface area contributed by atoms with Gasteiger partial charge in [-0.3, -0.25) is 9.59 Å². The smallest absolute Gasteiger partial charge is 0.362 e. The number of hydrogen-bond acceptors (Lipinski definition) is 6. The largest absolute Gasteiger partial charge is 0.477 e. The molecule has 8 heteroatoms. The van der Waals surface area contributed by atoms with Crippen LogP contribution in [0.5, 0.6) is 0 Å². The van der Waals surface area contributed by atoms with E-state index in [4.69, 9.17) is 14.2 Å². The molecule has 8 nitrogen and oxygen atoms in total. The third-order valence-electron chi connectivity index (χ3n) is 12.7. The van der Waals surface area contributed by atoms with Crippen LogP contribution in [0.4, 0.5) is 0 Å². The molecule has 0 aromatic rings. The molecule has 0 aromatic carbocycles. The molecule has 0 aliphatic rings. The second kappa shape index (κ2) is 49.7. The van der Waals surface area contributed by atoms with Gasteiger partial charge >= 0.3 is 17.9 Å². The number of unbranched alkanes of at least 4 members (excludes halogenated alkanes) is 29. The Labute approximate surface area is 414 Å². The van der Waals surface area contributed by atoms with E-state index in [1.165, 1.54) is 154 Å². The van der Waals surface area contributed by atoms with E-state index in [-0.39, 0.29) is 36.2 Å². The van der Waals surface area contributed by atoms with Crippen LogP contribution in [0.3, 0.4) is 0 Å². The Morgan fingerprint density at radius 2 is 0.836 bits per heavy atom. The zero-order valence-corrected chi connectivity index (χ0v) is 44.6. The van der Waals surface area contributed by atoms with Gasteiger partial charge in [0.25, 0.3) is 0 Å². The van der Waals surface area contributed by atoms with Crippen LogP contribution >= 0.6 is 0 Å². The fourth-order valence-electron chi connectivity index (χ4n) is 8.44. The number of quaternary nitrogens is 1. The number of aliphatic carboxylic acids is 1. The molecule has 0 heterocycles. The molecule has 0 saturated carbocycles. The highest BCUT2D eigenvalue weighted by atomic mass is 16.6. The van der Waals surface area contributed by atoms with Gasteiger partial charge in [-0.25, -0.2) is 4.79 Å². The lowest BCUT2D eigenvalue weighted by atomic mass is 10.0. The van der Waals surface area contributed by atoms with Crippen LogP contribution < -0.4 is 0 Å². The van der Waals surface area contributed by atoms with E-state index >= 15 is 0 Å². The number of rotatable bonds is 51. The Morgan fingerprint density at radius 3 is 1.24 bits per heavy atom. The summed E-state index contributed by atoms with van der Waals surface area (Å²) in [5.41, 5.74) is 0. The summed E-state index contributed by atoms with van der Waals surface area (Å²) in [5, 5.41) is 9.67. The Hall–Kier alpha value is -2.71. The SMILES string of the molecule is CC/C=C/C/C=C/C/C=C/C/C=C/CCCCCCCCCC(=O)OCC(COCCC(C(=O)O)[N+](C)(C)C)OC(=O)CCCCCCCCCCCCCCCCCCCCCCCCC. The zero-order valence-electron chi connectivity index (χ0n) is 44.6. The third-order valence-corrected chi connectivity index (χ3v) is 12.7. The number of esters is 2. The van der Waals surface area contributed by atoms with Crippen LogP contribution in [0, 0.1) is 0 Å². The Bertz CT molecular complexity index is 1230. The fraction of sp³-hybridized carbons (Fsp3) is 0.814. The summed E-state index contributed by atoms with van der Waals surface area (Å²) < 4.78 is 17.4. The van der Waals surface area contributed by atoms with E-state index in [2.05, 4.69) is 62.5 Å². The number of carboxylic acids is 1. The summed E-state index contributed by atoms with van der Waals surface area (Å²) in [4.78, 5) is 37.3. The van der Waals surface area contributed by atoms with Crippen molar-refractivity contribution in [2.75, 3.05) is 41.0 Å². The van der Waals surface area contributed by atoms with E-state index in [0.717, 1.165) is 70.6 Å². The number of ether oxygens (including phenoxy) is 3. The van der Waals surface area contributed by atoms with Gasteiger partial charge in [0.15, 0.2) is 12.1 Å². The molecule has 2 unspecified atom stereocenters. The van der Waals surface area contributed by atoms with Crippen molar-refractivity contribution in [3.05, 3.63) is 48.6 Å². The van der Waals surface area contributed by atoms with Crippen molar-refractivity contribution in [2.24, 2.45) is 0 Å². The quantitative estimate of drug-likeness (QED) is 0.0281. The highest BCUT2D eigenvalue weighted by molar-refractivity contribution is 5.72. The van der Waals surface area contributed by atoms with Gasteiger partial charge in [0.2, 0.25) is 0 Å². The number of carbonyl (C=O) groups excluding carboxylic acids is 2. The maximum absolute atomic E-state index is 12.8. The summed E-state index contributed by atoms with van der Waals surface area (Å²) in [5.74, 6) is -1.47. The second-order valence-corrected chi connectivity index (χ2v) is 20.2. The van der Waals surface area contributed by atoms with E-state index in [9.17, 15) is 19.5 Å². The van der Waals surface area contributed by atoms with Gasteiger partial charge < -0.3 is 23.8 Å². The van der Waals surface area contributed by atoms with Crippen molar-refractivity contribution >= 4 is 17.9 Å². The first-order chi connectivity index (χ1) is 32.6. The molecule has 0 aromatic heterocycles. The minimum atomic E-state index is -0.874. The summed E-state index contributed by atoms with van der Waals surface area (Å²) in [6, 6.07) is -0.617. The van der Waals surface area contributed by atoms with Crippen LogP contribution in [-0.2, 0) is 28.6 Å². The van der Waals surface area contributed by atoms with Crippen molar-refractivity contribution in [2.45, 2.75) is 270 Å². The van der Waals surface area contributed by atoms with Crippen LogP contribution in [-0.4, -0.2) is 80.6 Å². The highest BCUT2D eigenvalue weighted by Crippen LogP contribution is 2.17. The molecule has 1 N–H and O–H groups in total. The Morgan fingerprint density at radius 1 is 0.463 bits per heavy atom. The average Bonchev–Trinajstić information content (AvgIpc) is 3.29. The molecule has 0 rings (SSSR count). The number of likely N-dealkylation sites (N-methyl/N-ethyl adjacent to an activating group) is 1. The lowest BCUT2D eigenvalue weighted by Crippen LogP contribution is -2.50. The summed E-state index contributed by atoms with van der Waals surface area (Å²) >= 11 is 0. The van der Waals surface area contributed by atoms with Gasteiger partial charge in [-0.15, -0.1) is 0 Å². The molecule has 0 fully saturated rings. The number of hydrogen-bond donors (Lipinski definition) is 1. The van der Waals surface area contributed by atoms with E-state index in [0.29, 0.717) is 19.3 Å². The predicted molar refractivity (Wildman–Crippen MR) is 284 cm³/mol. The number of carbonyl (C=O) groups is 3. The summed E-state index contributed by atoms with van der Waals surface area (Å²) in [7, 11) is 5.54. The fourth-order valence-corrected chi connectivity index (χ4v) is 8.44. The van der Waals surface area contributed by atoms with Crippen molar-refractivity contribution in [3.8, 4) is 0 Å². The topological polar surface area (TPSA) is 99.1 Å². The molecular formula is C59H108NO7+.